The number of ketones is 1. The predicted molar refractivity (Wildman–Crippen MR) is 86.6 cm³/mol. The van der Waals surface area contributed by atoms with Crippen LogP contribution in [-0.4, -0.2) is 34.9 Å². The lowest BCUT2D eigenvalue weighted by Crippen LogP contribution is -2.36. The molecule has 1 N–H and O–H groups in total. The zero-order chi connectivity index (χ0) is 16.1. The number of Topliss-reactive ketones (excluding diaryl/α,β-unsaturated/α-hetero) is 1. The van der Waals surface area contributed by atoms with Crippen molar-refractivity contribution in [2.24, 2.45) is 5.92 Å². The average molecular weight is 318 g/mol. The van der Waals surface area contributed by atoms with Crippen LogP contribution in [0.25, 0.3) is 0 Å². The smallest absolute Gasteiger partial charge is 0.308 e. The molecule has 22 heavy (non-hydrogen) atoms. The van der Waals surface area contributed by atoms with Gasteiger partial charge in [-0.1, -0.05) is 36.8 Å². The van der Waals surface area contributed by atoms with Crippen molar-refractivity contribution in [2.75, 3.05) is 18.0 Å². The molecule has 116 valence electrons. The Hall–Kier alpha value is -2.21. The van der Waals surface area contributed by atoms with Crippen molar-refractivity contribution >= 4 is 28.2 Å². The minimum absolute atomic E-state index is 0.0483. The number of carboxylic acid groups (broad SMARTS) is 1. The van der Waals surface area contributed by atoms with Gasteiger partial charge in [0.15, 0.2) is 10.9 Å². The number of hydrogen-bond donors (Lipinski definition) is 1. The third kappa shape index (κ3) is 4.14. The van der Waals surface area contributed by atoms with E-state index in [0.29, 0.717) is 10.7 Å². The van der Waals surface area contributed by atoms with Gasteiger partial charge in [-0.05, 0) is 6.92 Å². The number of carbonyl (C=O) groups excluding carboxylic acids is 1. The van der Waals surface area contributed by atoms with Crippen molar-refractivity contribution in [3.63, 3.8) is 0 Å². The summed E-state index contributed by atoms with van der Waals surface area (Å²) >= 11 is 1.39. The number of carboxylic acids is 1. The fourth-order valence-corrected chi connectivity index (χ4v) is 2.65. The highest BCUT2D eigenvalue weighted by atomic mass is 32.1. The molecule has 1 aromatic carbocycles. The molecule has 0 aliphatic carbocycles. The van der Waals surface area contributed by atoms with Crippen LogP contribution in [0, 0.1) is 12.8 Å². The second kappa shape index (κ2) is 7.17. The zero-order valence-corrected chi connectivity index (χ0v) is 13.3. The maximum absolute atomic E-state index is 12.4. The van der Waals surface area contributed by atoms with E-state index in [2.05, 4.69) is 4.98 Å². The summed E-state index contributed by atoms with van der Waals surface area (Å²) in [5.41, 5.74) is 1.71. The van der Waals surface area contributed by atoms with Gasteiger partial charge in [-0.3, -0.25) is 9.59 Å². The van der Waals surface area contributed by atoms with Crippen molar-refractivity contribution < 1.29 is 14.7 Å². The Balaban J connectivity index is 2.14. The third-order valence-corrected chi connectivity index (χ3v) is 4.15. The van der Waals surface area contributed by atoms with Crippen LogP contribution in [0.1, 0.15) is 22.8 Å². The van der Waals surface area contributed by atoms with Crippen LogP contribution in [0.5, 0.6) is 0 Å². The molecule has 2 aromatic rings. The summed E-state index contributed by atoms with van der Waals surface area (Å²) in [7, 11) is 0. The monoisotopic (exact) mass is 318 g/mol. The highest BCUT2D eigenvalue weighted by molar-refractivity contribution is 7.13. The number of aliphatic carboxylic acids is 1. The van der Waals surface area contributed by atoms with Gasteiger partial charge >= 0.3 is 5.97 Å². The quantitative estimate of drug-likeness (QED) is 0.795. The molecule has 0 fully saturated rings. The maximum atomic E-state index is 12.4. The molecule has 1 atom stereocenters. The second-order valence-corrected chi connectivity index (χ2v) is 6.10. The number of carbonyl (C=O) groups is 2. The molecular weight excluding hydrogens is 300 g/mol. The minimum atomic E-state index is -0.885. The van der Waals surface area contributed by atoms with Gasteiger partial charge in [0.05, 0.1) is 12.5 Å². The first-order chi connectivity index (χ1) is 10.5. The van der Waals surface area contributed by atoms with Crippen LogP contribution < -0.4 is 4.90 Å². The van der Waals surface area contributed by atoms with E-state index in [1.54, 1.807) is 30.2 Å². The van der Waals surface area contributed by atoms with E-state index in [-0.39, 0.29) is 18.9 Å². The highest BCUT2D eigenvalue weighted by Crippen LogP contribution is 2.19. The van der Waals surface area contributed by atoms with Crippen molar-refractivity contribution in [3.05, 3.63) is 47.0 Å². The molecule has 0 spiro atoms. The molecular formula is C16H18N2O3S. The lowest BCUT2D eigenvalue weighted by molar-refractivity contribution is -0.140. The average Bonchev–Trinajstić information content (AvgIpc) is 3.01. The maximum Gasteiger partial charge on any atom is 0.308 e. The molecule has 1 aromatic heterocycles. The predicted octanol–water partition coefficient (Wildman–Crippen LogP) is 2.86. The van der Waals surface area contributed by atoms with E-state index in [1.165, 1.54) is 11.3 Å². The van der Waals surface area contributed by atoms with E-state index >= 15 is 0 Å². The number of aryl methyl sites for hydroxylation is 1. The molecule has 0 amide bonds. The first-order valence-corrected chi connectivity index (χ1v) is 7.82. The van der Waals surface area contributed by atoms with Crippen molar-refractivity contribution in [2.45, 2.75) is 13.8 Å². The Bertz CT molecular complexity index is 638. The zero-order valence-electron chi connectivity index (χ0n) is 12.5. The molecule has 0 radical (unpaired) electrons. The number of hydrogen-bond acceptors (Lipinski definition) is 5. The second-order valence-electron chi connectivity index (χ2n) is 5.22. The summed E-state index contributed by atoms with van der Waals surface area (Å²) in [6.07, 6.45) is 1.65. The van der Waals surface area contributed by atoms with Gasteiger partial charge in [0.25, 0.3) is 0 Å². The molecule has 5 nitrogen and oxygen atoms in total. The van der Waals surface area contributed by atoms with E-state index in [4.69, 9.17) is 5.11 Å². The largest absolute Gasteiger partial charge is 0.481 e. The van der Waals surface area contributed by atoms with Crippen molar-refractivity contribution in [1.29, 1.82) is 0 Å². The molecule has 0 saturated carbocycles. The molecule has 1 unspecified atom stereocenters. The molecule has 2 rings (SSSR count). The molecule has 0 saturated heterocycles. The number of aromatic nitrogens is 1. The van der Waals surface area contributed by atoms with E-state index in [0.717, 1.165) is 5.56 Å². The summed E-state index contributed by atoms with van der Waals surface area (Å²) in [5.74, 6) is -1.51. The van der Waals surface area contributed by atoms with Crippen molar-refractivity contribution in [1.82, 2.24) is 4.98 Å². The topological polar surface area (TPSA) is 70.5 Å². The van der Waals surface area contributed by atoms with Crippen LogP contribution in [0.3, 0.4) is 0 Å². The first-order valence-electron chi connectivity index (χ1n) is 6.94. The van der Waals surface area contributed by atoms with Crippen molar-refractivity contribution in [3.8, 4) is 0 Å². The van der Waals surface area contributed by atoms with Crippen LogP contribution >= 0.6 is 11.3 Å². The van der Waals surface area contributed by atoms with Crippen LogP contribution in [0.15, 0.2) is 35.8 Å². The van der Waals surface area contributed by atoms with Gasteiger partial charge in [-0.15, -0.1) is 11.3 Å². The molecule has 0 aliphatic heterocycles. The van der Waals surface area contributed by atoms with Gasteiger partial charge in [0.1, 0.15) is 0 Å². The summed E-state index contributed by atoms with van der Waals surface area (Å²) < 4.78 is 0. The number of anilines is 1. The highest BCUT2D eigenvalue weighted by Gasteiger charge is 2.21. The van der Waals surface area contributed by atoms with Crippen LogP contribution in [0.2, 0.25) is 0 Å². The summed E-state index contributed by atoms with van der Waals surface area (Å²) in [5, 5.41) is 11.6. The van der Waals surface area contributed by atoms with E-state index in [1.807, 2.05) is 24.4 Å². The van der Waals surface area contributed by atoms with Gasteiger partial charge < -0.3 is 10.0 Å². The minimum Gasteiger partial charge on any atom is -0.481 e. The third-order valence-electron chi connectivity index (χ3n) is 3.31. The summed E-state index contributed by atoms with van der Waals surface area (Å²) in [6.45, 7) is 3.96. The Labute approximate surface area is 133 Å². The molecule has 6 heteroatoms. The normalized spacial score (nSPS) is 11.9. The fraction of sp³-hybridized carbons (Fsp3) is 0.312. The number of benzene rings is 1. The Morgan fingerprint density at radius 2 is 2.00 bits per heavy atom. The van der Waals surface area contributed by atoms with Crippen LogP contribution in [0.4, 0.5) is 5.13 Å². The Kier molecular flexibility index (Phi) is 5.27. The number of nitrogens with zero attached hydrogens (tertiary/aromatic N) is 2. The summed E-state index contributed by atoms with van der Waals surface area (Å²) in [4.78, 5) is 29.4. The van der Waals surface area contributed by atoms with Gasteiger partial charge in [0.2, 0.25) is 0 Å². The van der Waals surface area contributed by atoms with E-state index in [9.17, 15) is 9.59 Å². The number of thiazole rings is 1. The van der Waals surface area contributed by atoms with Gasteiger partial charge in [-0.25, -0.2) is 4.98 Å². The van der Waals surface area contributed by atoms with Crippen LogP contribution in [-0.2, 0) is 4.79 Å². The number of rotatable bonds is 7. The SMILES string of the molecule is Cc1ccc(C(=O)CN(CC(C)C(=O)O)c2nccs2)cc1. The molecule has 1 heterocycles. The standard InChI is InChI=1S/C16H18N2O3S/c1-11-3-5-13(6-4-11)14(19)10-18(9-12(2)15(20)21)16-17-7-8-22-16/h3-8,12H,9-10H2,1-2H3,(H,20,21). The van der Waals surface area contributed by atoms with Gasteiger partial charge in [-0.2, -0.15) is 0 Å². The Morgan fingerprint density at radius 3 is 2.55 bits per heavy atom. The lowest BCUT2D eigenvalue weighted by Gasteiger charge is -2.23. The first kappa shape index (κ1) is 16.2. The molecule has 0 aliphatic rings. The summed E-state index contributed by atoms with van der Waals surface area (Å²) in [6, 6.07) is 7.36. The fourth-order valence-electron chi connectivity index (χ4n) is 2.00. The molecule has 0 bridgehead atoms. The van der Waals surface area contributed by atoms with E-state index < -0.39 is 11.9 Å². The lowest BCUT2D eigenvalue weighted by atomic mass is 10.1. The van der Waals surface area contributed by atoms with Gasteiger partial charge in [0, 0.05) is 23.7 Å². The Morgan fingerprint density at radius 1 is 1.32 bits per heavy atom.